The highest BCUT2D eigenvalue weighted by atomic mass is 16.1. The second-order valence-corrected chi connectivity index (χ2v) is 3.93. The molecule has 0 amide bonds. The van der Waals surface area contributed by atoms with Crippen LogP contribution in [-0.2, 0) is 19.2 Å². The van der Waals surface area contributed by atoms with Gasteiger partial charge in [0.05, 0.1) is 0 Å². The Morgan fingerprint density at radius 3 is 1.15 bits per heavy atom. The maximum absolute atomic E-state index is 10.8. The van der Waals surface area contributed by atoms with Crippen LogP contribution >= 0.6 is 0 Å². The normalized spacial score (nSPS) is 9.80. The maximum atomic E-state index is 10.8. The van der Waals surface area contributed by atoms with Crippen LogP contribution in [0.3, 0.4) is 0 Å². The molecule has 0 N–H and O–H groups in total. The zero-order chi connectivity index (χ0) is 14.5. The Bertz CT molecular complexity index is 640. The molecule has 0 saturated heterocycles. The molecule has 0 aliphatic carbocycles. The van der Waals surface area contributed by atoms with Gasteiger partial charge in [-0.2, -0.15) is 0 Å². The van der Waals surface area contributed by atoms with Gasteiger partial charge in [-0.1, -0.05) is 12.1 Å². The Morgan fingerprint density at radius 2 is 0.850 bits per heavy atom. The summed E-state index contributed by atoms with van der Waals surface area (Å²) in [5.74, 6) is 0. The van der Waals surface area contributed by atoms with E-state index in [9.17, 15) is 19.2 Å². The Kier molecular flexibility index (Phi) is 3.96. The lowest BCUT2D eigenvalue weighted by Crippen LogP contribution is -1.94. The molecule has 2 aromatic carbocycles. The SMILES string of the molecule is O=[C]c1ccc(-c2ccc([C]=O)c([C]=O)c2)cc1[C]=O. The molecule has 0 atom stereocenters. The minimum Gasteiger partial charge on any atom is -0.285 e. The van der Waals surface area contributed by atoms with Crippen molar-refractivity contribution in [2.45, 2.75) is 0 Å². The van der Waals surface area contributed by atoms with Gasteiger partial charge in [0.2, 0.25) is 25.1 Å². The minimum atomic E-state index is 0.0835. The molecule has 0 aliphatic rings. The highest BCUT2D eigenvalue weighted by Crippen LogP contribution is 2.23. The quantitative estimate of drug-likeness (QED) is 0.811. The van der Waals surface area contributed by atoms with E-state index in [0.29, 0.717) is 11.1 Å². The fourth-order valence-electron chi connectivity index (χ4n) is 1.79. The third kappa shape index (κ3) is 2.44. The van der Waals surface area contributed by atoms with Crippen molar-refractivity contribution >= 4 is 25.1 Å². The van der Waals surface area contributed by atoms with E-state index in [0.717, 1.165) is 0 Å². The number of hydrogen-bond acceptors (Lipinski definition) is 4. The summed E-state index contributed by atoms with van der Waals surface area (Å²) >= 11 is 0. The van der Waals surface area contributed by atoms with Crippen LogP contribution in [-0.4, -0.2) is 25.1 Å². The van der Waals surface area contributed by atoms with Gasteiger partial charge < -0.3 is 0 Å². The van der Waals surface area contributed by atoms with Gasteiger partial charge in [-0.25, -0.2) is 0 Å². The molecule has 4 radical (unpaired) electrons. The Morgan fingerprint density at radius 1 is 0.500 bits per heavy atom. The highest BCUT2D eigenvalue weighted by Gasteiger charge is 2.08. The molecule has 0 spiro atoms. The van der Waals surface area contributed by atoms with Gasteiger partial charge in [-0.3, -0.25) is 19.2 Å². The molecule has 0 heterocycles. The van der Waals surface area contributed by atoms with Gasteiger partial charge in [0.25, 0.3) is 0 Å². The number of hydrogen-bond donors (Lipinski definition) is 0. The Labute approximate surface area is 115 Å². The first-order valence-corrected chi connectivity index (χ1v) is 5.54. The molecular formula is C16H6O4. The van der Waals surface area contributed by atoms with Crippen LogP contribution in [0.25, 0.3) is 11.1 Å². The third-order valence-corrected chi connectivity index (χ3v) is 2.81. The molecule has 94 valence electrons. The second kappa shape index (κ2) is 5.84. The molecular weight excluding hydrogens is 256 g/mol. The van der Waals surface area contributed by atoms with Crippen molar-refractivity contribution in [2.75, 3.05) is 0 Å². The van der Waals surface area contributed by atoms with Gasteiger partial charge in [0.1, 0.15) is 0 Å². The van der Waals surface area contributed by atoms with E-state index in [1.165, 1.54) is 24.3 Å². The van der Waals surface area contributed by atoms with Crippen LogP contribution in [0.4, 0.5) is 0 Å². The largest absolute Gasteiger partial charge is 0.285 e. The summed E-state index contributed by atoms with van der Waals surface area (Å²) in [4.78, 5) is 42.8. The number of carbonyl (C=O) groups excluding carboxylic acids is 4. The summed E-state index contributed by atoms with van der Waals surface area (Å²) in [5.41, 5.74) is 1.61. The van der Waals surface area contributed by atoms with Crippen LogP contribution in [0.1, 0.15) is 22.3 Å². The third-order valence-electron chi connectivity index (χ3n) is 2.81. The van der Waals surface area contributed by atoms with Crippen molar-refractivity contribution in [2.24, 2.45) is 0 Å². The summed E-state index contributed by atoms with van der Waals surface area (Å²) in [6.45, 7) is 0. The van der Waals surface area contributed by atoms with Crippen LogP contribution in [0, 0.1) is 0 Å². The van der Waals surface area contributed by atoms with E-state index in [1.54, 1.807) is 37.3 Å². The predicted octanol–water partition coefficient (Wildman–Crippen LogP) is 1.18. The minimum absolute atomic E-state index is 0.0835. The highest BCUT2D eigenvalue weighted by molar-refractivity contribution is 5.94. The number of benzene rings is 2. The summed E-state index contributed by atoms with van der Waals surface area (Å²) in [7, 11) is 0. The molecule has 0 fully saturated rings. The lowest BCUT2D eigenvalue weighted by atomic mass is 9.97. The topological polar surface area (TPSA) is 68.3 Å². The summed E-state index contributed by atoms with van der Waals surface area (Å²) in [6, 6.07) is 9.01. The van der Waals surface area contributed by atoms with Crippen LogP contribution < -0.4 is 0 Å². The fourth-order valence-corrected chi connectivity index (χ4v) is 1.79. The standard InChI is InChI=1S/C16H6O4/c17-7-13-3-1-11(5-15(13)9-19)12-2-4-14(8-18)16(6-12)10-20/h1-6H. The molecule has 4 heteroatoms. The van der Waals surface area contributed by atoms with Gasteiger partial charge in [0, 0.05) is 22.3 Å². The molecule has 0 aromatic heterocycles. The van der Waals surface area contributed by atoms with Crippen LogP contribution in [0.5, 0.6) is 0 Å². The molecule has 4 nitrogen and oxygen atoms in total. The van der Waals surface area contributed by atoms with E-state index in [1.807, 2.05) is 0 Å². The van der Waals surface area contributed by atoms with Crippen molar-refractivity contribution < 1.29 is 19.2 Å². The maximum Gasteiger partial charge on any atom is 0.234 e. The van der Waals surface area contributed by atoms with E-state index in [-0.39, 0.29) is 22.3 Å². The first kappa shape index (κ1) is 13.5. The summed E-state index contributed by atoms with van der Waals surface area (Å²) in [6.07, 6.45) is 6.59. The second-order valence-electron chi connectivity index (χ2n) is 3.93. The van der Waals surface area contributed by atoms with Crippen LogP contribution in [0.2, 0.25) is 0 Å². The molecule has 0 bridgehead atoms. The summed E-state index contributed by atoms with van der Waals surface area (Å²) in [5, 5.41) is 0. The lowest BCUT2D eigenvalue weighted by Gasteiger charge is -2.05. The zero-order valence-electron chi connectivity index (χ0n) is 10.1. The van der Waals surface area contributed by atoms with E-state index in [4.69, 9.17) is 0 Å². The molecule has 2 aromatic rings. The molecule has 0 saturated carbocycles. The van der Waals surface area contributed by atoms with Gasteiger partial charge >= 0.3 is 0 Å². The van der Waals surface area contributed by atoms with Crippen LogP contribution in [0.15, 0.2) is 36.4 Å². The first-order valence-electron chi connectivity index (χ1n) is 5.54. The smallest absolute Gasteiger partial charge is 0.234 e. The van der Waals surface area contributed by atoms with Crippen molar-refractivity contribution in [1.29, 1.82) is 0 Å². The van der Waals surface area contributed by atoms with E-state index >= 15 is 0 Å². The monoisotopic (exact) mass is 262 g/mol. The van der Waals surface area contributed by atoms with Gasteiger partial charge in [-0.05, 0) is 35.4 Å². The fraction of sp³-hybridized carbons (Fsp3) is 0. The van der Waals surface area contributed by atoms with Crippen molar-refractivity contribution in [1.82, 2.24) is 0 Å². The van der Waals surface area contributed by atoms with Gasteiger partial charge in [0.15, 0.2) is 0 Å². The van der Waals surface area contributed by atoms with Crippen molar-refractivity contribution in [3.8, 4) is 11.1 Å². The Hall–Kier alpha value is -2.88. The average Bonchev–Trinajstić information content (AvgIpc) is 2.53. The Balaban J connectivity index is 2.56. The predicted molar refractivity (Wildman–Crippen MR) is 71.1 cm³/mol. The van der Waals surface area contributed by atoms with Crippen molar-refractivity contribution in [3.63, 3.8) is 0 Å². The van der Waals surface area contributed by atoms with Crippen molar-refractivity contribution in [3.05, 3.63) is 58.7 Å². The average molecular weight is 262 g/mol. The molecule has 0 unspecified atom stereocenters. The first-order chi connectivity index (χ1) is 9.73. The van der Waals surface area contributed by atoms with E-state index < -0.39 is 0 Å². The van der Waals surface area contributed by atoms with E-state index in [2.05, 4.69) is 0 Å². The molecule has 20 heavy (non-hydrogen) atoms. The number of rotatable bonds is 5. The van der Waals surface area contributed by atoms with Gasteiger partial charge in [-0.15, -0.1) is 0 Å². The lowest BCUT2D eigenvalue weighted by molar-refractivity contribution is 0.558. The summed E-state index contributed by atoms with van der Waals surface area (Å²) < 4.78 is 0. The molecule has 2 rings (SSSR count). The zero-order valence-corrected chi connectivity index (χ0v) is 10.1. The molecule has 0 aliphatic heterocycles.